The molecular formula is C20H19N3O4S. The largest absolute Gasteiger partial charge is 0.481 e. The molecule has 8 heteroatoms. The molecule has 0 fully saturated rings. The predicted molar refractivity (Wildman–Crippen MR) is 104 cm³/mol. The Morgan fingerprint density at radius 1 is 1.14 bits per heavy atom. The van der Waals surface area contributed by atoms with Crippen molar-refractivity contribution in [2.75, 3.05) is 0 Å². The summed E-state index contributed by atoms with van der Waals surface area (Å²) in [6.07, 6.45) is 4.30. The van der Waals surface area contributed by atoms with Gasteiger partial charge in [-0.2, -0.15) is 0 Å². The van der Waals surface area contributed by atoms with E-state index in [2.05, 4.69) is 14.7 Å². The van der Waals surface area contributed by atoms with Gasteiger partial charge in [0.2, 0.25) is 10.0 Å². The molecule has 0 unspecified atom stereocenters. The average Bonchev–Trinajstić information content (AvgIpc) is 2.68. The van der Waals surface area contributed by atoms with E-state index in [4.69, 9.17) is 0 Å². The van der Waals surface area contributed by atoms with E-state index in [0.29, 0.717) is 11.3 Å². The molecule has 28 heavy (non-hydrogen) atoms. The molecule has 0 saturated heterocycles. The normalized spacial score (nSPS) is 12.5. The van der Waals surface area contributed by atoms with Gasteiger partial charge in [-0.05, 0) is 30.7 Å². The van der Waals surface area contributed by atoms with Crippen LogP contribution in [0, 0.1) is 6.92 Å². The third kappa shape index (κ3) is 4.79. The molecule has 1 atom stereocenters. The van der Waals surface area contributed by atoms with Crippen molar-refractivity contribution in [2.45, 2.75) is 24.3 Å². The van der Waals surface area contributed by atoms with Crippen LogP contribution in [-0.2, 0) is 14.8 Å². The number of carboxylic acids is 1. The van der Waals surface area contributed by atoms with Crippen LogP contribution in [-0.4, -0.2) is 29.5 Å². The number of carbonyl (C=O) groups is 1. The number of aliphatic carboxylic acids is 1. The van der Waals surface area contributed by atoms with Crippen LogP contribution in [0.2, 0.25) is 0 Å². The van der Waals surface area contributed by atoms with Crippen molar-refractivity contribution in [1.29, 1.82) is 0 Å². The first kappa shape index (κ1) is 19.7. The van der Waals surface area contributed by atoms with Crippen molar-refractivity contribution < 1.29 is 18.3 Å². The van der Waals surface area contributed by atoms with Crippen LogP contribution in [0.5, 0.6) is 0 Å². The van der Waals surface area contributed by atoms with E-state index >= 15 is 0 Å². The van der Waals surface area contributed by atoms with E-state index in [1.165, 1.54) is 12.1 Å². The molecule has 144 valence electrons. The van der Waals surface area contributed by atoms with E-state index in [-0.39, 0.29) is 4.90 Å². The van der Waals surface area contributed by atoms with Gasteiger partial charge in [0.1, 0.15) is 0 Å². The first-order valence-corrected chi connectivity index (χ1v) is 10.0. The first-order valence-electron chi connectivity index (χ1n) is 8.52. The molecule has 7 nitrogen and oxygen atoms in total. The van der Waals surface area contributed by atoms with Gasteiger partial charge in [-0.15, -0.1) is 0 Å². The fourth-order valence-electron chi connectivity index (χ4n) is 2.74. The number of rotatable bonds is 7. The average molecular weight is 397 g/mol. The minimum absolute atomic E-state index is 0.0820. The SMILES string of the molecule is Cc1ccc(S(=O)(=O)N[C@H](CC(=O)O)c2cccc(-c3cnccn3)c2)cc1. The van der Waals surface area contributed by atoms with Crippen LogP contribution in [0.25, 0.3) is 11.3 Å². The van der Waals surface area contributed by atoms with E-state index in [0.717, 1.165) is 11.1 Å². The molecule has 0 saturated carbocycles. The number of carboxylic acid groups (broad SMARTS) is 1. The second-order valence-electron chi connectivity index (χ2n) is 6.30. The highest BCUT2D eigenvalue weighted by Gasteiger charge is 2.24. The van der Waals surface area contributed by atoms with Gasteiger partial charge in [0, 0.05) is 18.0 Å². The summed E-state index contributed by atoms with van der Waals surface area (Å²) in [6, 6.07) is 12.4. The molecule has 3 aromatic rings. The molecule has 3 rings (SSSR count). The molecular weight excluding hydrogens is 378 g/mol. The highest BCUT2D eigenvalue weighted by atomic mass is 32.2. The zero-order chi connectivity index (χ0) is 20.1. The van der Waals surface area contributed by atoms with Crippen LogP contribution in [0.3, 0.4) is 0 Å². The molecule has 0 aliphatic carbocycles. The second-order valence-corrected chi connectivity index (χ2v) is 8.01. The van der Waals surface area contributed by atoms with Gasteiger partial charge in [-0.1, -0.05) is 35.9 Å². The number of aryl methyl sites for hydroxylation is 1. The number of aromatic nitrogens is 2. The molecule has 0 aliphatic rings. The first-order chi connectivity index (χ1) is 13.3. The van der Waals surface area contributed by atoms with E-state index in [1.807, 2.05) is 6.92 Å². The fraction of sp³-hybridized carbons (Fsp3) is 0.150. The van der Waals surface area contributed by atoms with Gasteiger partial charge in [0.05, 0.1) is 29.2 Å². The van der Waals surface area contributed by atoms with Gasteiger partial charge >= 0.3 is 5.97 Å². The van der Waals surface area contributed by atoms with Crippen LogP contribution in [0.4, 0.5) is 0 Å². The molecule has 0 bridgehead atoms. The molecule has 1 heterocycles. The Hall–Kier alpha value is -3.10. The minimum Gasteiger partial charge on any atom is -0.481 e. The zero-order valence-electron chi connectivity index (χ0n) is 15.1. The summed E-state index contributed by atoms with van der Waals surface area (Å²) in [7, 11) is -3.89. The summed E-state index contributed by atoms with van der Waals surface area (Å²) in [5.74, 6) is -1.11. The van der Waals surface area contributed by atoms with Gasteiger partial charge in [-0.3, -0.25) is 14.8 Å². The summed E-state index contributed by atoms with van der Waals surface area (Å²) in [6.45, 7) is 1.86. The summed E-state index contributed by atoms with van der Waals surface area (Å²) in [5.41, 5.74) is 2.79. The van der Waals surface area contributed by atoms with Crippen LogP contribution in [0.15, 0.2) is 72.0 Å². The summed E-state index contributed by atoms with van der Waals surface area (Å²) in [5, 5.41) is 9.28. The Kier molecular flexibility index (Phi) is 5.81. The lowest BCUT2D eigenvalue weighted by Gasteiger charge is -2.18. The number of nitrogens with one attached hydrogen (secondary N) is 1. The van der Waals surface area contributed by atoms with E-state index in [9.17, 15) is 18.3 Å². The Morgan fingerprint density at radius 2 is 1.89 bits per heavy atom. The predicted octanol–water partition coefficient (Wildman–Crippen LogP) is 2.95. The Balaban J connectivity index is 1.94. The highest BCUT2D eigenvalue weighted by molar-refractivity contribution is 7.89. The minimum atomic E-state index is -3.89. The van der Waals surface area contributed by atoms with Crippen molar-refractivity contribution >= 4 is 16.0 Å². The second kappa shape index (κ2) is 8.28. The molecule has 2 aromatic carbocycles. The number of sulfonamides is 1. The summed E-state index contributed by atoms with van der Waals surface area (Å²) in [4.78, 5) is 19.7. The van der Waals surface area contributed by atoms with Gasteiger partial charge in [0.15, 0.2) is 0 Å². The smallest absolute Gasteiger partial charge is 0.305 e. The lowest BCUT2D eigenvalue weighted by molar-refractivity contribution is -0.137. The number of hydrogen-bond donors (Lipinski definition) is 2. The fourth-order valence-corrected chi connectivity index (χ4v) is 3.96. The molecule has 2 N–H and O–H groups in total. The van der Waals surface area contributed by atoms with Gasteiger partial charge in [0.25, 0.3) is 0 Å². The molecule has 0 aliphatic heterocycles. The number of nitrogens with zero attached hydrogens (tertiary/aromatic N) is 2. The third-order valence-electron chi connectivity index (χ3n) is 4.16. The molecule has 0 spiro atoms. The number of benzene rings is 2. The maximum atomic E-state index is 12.7. The maximum Gasteiger partial charge on any atom is 0.305 e. The molecule has 1 aromatic heterocycles. The lowest BCUT2D eigenvalue weighted by Crippen LogP contribution is -2.30. The van der Waals surface area contributed by atoms with Crippen molar-refractivity contribution in [2.24, 2.45) is 0 Å². The monoisotopic (exact) mass is 397 g/mol. The summed E-state index contributed by atoms with van der Waals surface area (Å²) >= 11 is 0. The maximum absolute atomic E-state index is 12.7. The molecule has 0 radical (unpaired) electrons. The zero-order valence-corrected chi connectivity index (χ0v) is 15.9. The molecule has 0 amide bonds. The Bertz CT molecular complexity index is 1070. The van der Waals surface area contributed by atoms with Crippen LogP contribution in [0.1, 0.15) is 23.6 Å². The number of hydrogen-bond acceptors (Lipinski definition) is 5. The highest BCUT2D eigenvalue weighted by Crippen LogP contribution is 2.25. The van der Waals surface area contributed by atoms with Crippen molar-refractivity contribution in [3.05, 3.63) is 78.2 Å². The lowest BCUT2D eigenvalue weighted by atomic mass is 10.0. The van der Waals surface area contributed by atoms with Crippen LogP contribution < -0.4 is 4.72 Å². The Morgan fingerprint density at radius 3 is 2.54 bits per heavy atom. The summed E-state index contributed by atoms with van der Waals surface area (Å²) < 4.78 is 28.0. The van der Waals surface area contributed by atoms with E-state index in [1.54, 1.807) is 55.0 Å². The van der Waals surface area contributed by atoms with Crippen molar-refractivity contribution in [1.82, 2.24) is 14.7 Å². The van der Waals surface area contributed by atoms with Gasteiger partial charge < -0.3 is 5.11 Å². The van der Waals surface area contributed by atoms with Crippen molar-refractivity contribution in [3.8, 4) is 11.3 Å². The Labute approximate surface area is 163 Å². The standard InChI is InChI=1S/C20H19N3O4S/c1-14-5-7-17(8-6-14)28(26,27)23-18(12-20(24)25)15-3-2-4-16(11-15)19-13-21-9-10-22-19/h2-11,13,18,23H,12H2,1H3,(H,24,25)/t18-/m1/s1. The topological polar surface area (TPSA) is 109 Å². The van der Waals surface area contributed by atoms with E-state index < -0.39 is 28.5 Å². The van der Waals surface area contributed by atoms with Crippen molar-refractivity contribution in [3.63, 3.8) is 0 Å². The van der Waals surface area contributed by atoms with Gasteiger partial charge in [-0.25, -0.2) is 13.1 Å². The van der Waals surface area contributed by atoms with Crippen LogP contribution >= 0.6 is 0 Å². The third-order valence-corrected chi connectivity index (χ3v) is 5.64. The quantitative estimate of drug-likeness (QED) is 0.634.